The van der Waals surface area contributed by atoms with Crippen molar-refractivity contribution in [2.75, 3.05) is 12.3 Å². The minimum absolute atomic E-state index is 0.00786. The molecule has 1 aromatic rings. The molecule has 4 N–H and O–H groups in total. The Morgan fingerprint density at radius 3 is 2.75 bits per heavy atom. The molecule has 1 heterocycles. The zero-order valence-corrected chi connectivity index (χ0v) is 9.93. The number of nitrogens with one attached hydrogen (secondary N) is 1. The van der Waals surface area contributed by atoms with Crippen molar-refractivity contribution in [3.05, 3.63) is 10.6 Å². The second-order valence-corrected chi connectivity index (χ2v) is 5.24. The van der Waals surface area contributed by atoms with Gasteiger partial charge in [0, 0.05) is 0 Å². The SMILES string of the molecule is Cc1nc(N)sc1C(=O)NC1(CO)CCC1. The minimum atomic E-state index is -0.414. The number of carbonyl (C=O) groups excluding carboxylic acids is 1. The maximum atomic E-state index is 11.9. The highest BCUT2D eigenvalue weighted by Crippen LogP contribution is 2.32. The standard InChI is InChI=1S/C10H15N3O2S/c1-6-7(16-9(11)12-6)8(15)13-10(5-14)3-2-4-10/h14H,2-5H2,1H3,(H2,11,12)(H,13,15). The predicted molar refractivity (Wildman–Crippen MR) is 62.4 cm³/mol. The third-order valence-electron chi connectivity index (χ3n) is 3.01. The zero-order chi connectivity index (χ0) is 11.8. The molecule has 88 valence electrons. The number of aliphatic hydroxyl groups is 1. The molecule has 5 nitrogen and oxygen atoms in total. The number of anilines is 1. The molecule has 0 spiro atoms. The Hall–Kier alpha value is -1.14. The number of thiazole rings is 1. The molecule has 0 saturated heterocycles. The lowest BCUT2D eigenvalue weighted by Gasteiger charge is -2.40. The van der Waals surface area contributed by atoms with Crippen LogP contribution in [0.3, 0.4) is 0 Å². The average molecular weight is 241 g/mol. The predicted octanol–water partition coefficient (Wildman–Crippen LogP) is 0.679. The Morgan fingerprint density at radius 2 is 2.38 bits per heavy atom. The maximum Gasteiger partial charge on any atom is 0.263 e. The molecule has 1 aliphatic rings. The Bertz CT molecular complexity index is 407. The number of aliphatic hydroxyl groups excluding tert-OH is 1. The van der Waals surface area contributed by atoms with Crippen molar-refractivity contribution in [2.24, 2.45) is 0 Å². The van der Waals surface area contributed by atoms with E-state index in [-0.39, 0.29) is 12.5 Å². The van der Waals surface area contributed by atoms with Crippen LogP contribution < -0.4 is 11.1 Å². The van der Waals surface area contributed by atoms with Crippen molar-refractivity contribution < 1.29 is 9.90 Å². The molecular formula is C10H15N3O2S. The van der Waals surface area contributed by atoms with Gasteiger partial charge in [0.25, 0.3) is 5.91 Å². The van der Waals surface area contributed by atoms with Crippen molar-refractivity contribution in [3.8, 4) is 0 Å². The van der Waals surface area contributed by atoms with Crippen LogP contribution in [0.25, 0.3) is 0 Å². The first-order valence-electron chi connectivity index (χ1n) is 5.23. The van der Waals surface area contributed by atoms with Gasteiger partial charge in [0.15, 0.2) is 5.13 Å². The molecule has 0 aromatic carbocycles. The van der Waals surface area contributed by atoms with Gasteiger partial charge in [-0.15, -0.1) is 0 Å². The van der Waals surface area contributed by atoms with Crippen molar-refractivity contribution in [1.82, 2.24) is 10.3 Å². The van der Waals surface area contributed by atoms with Crippen LogP contribution >= 0.6 is 11.3 Å². The number of amides is 1. The Labute approximate surface area is 97.7 Å². The second-order valence-electron chi connectivity index (χ2n) is 4.21. The number of rotatable bonds is 3. The number of carbonyl (C=O) groups is 1. The van der Waals surface area contributed by atoms with Gasteiger partial charge in [0.1, 0.15) is 4.88 Å². The quantitative estimate of drug-likeness (QED) is 0.726. The fraction of sp³-hybridized carbons (Fsp3) is 0.600. The van der Waals surface area contributed by atoms with E-state index < -0.39 is 5.54 Å². The third kappa shape index (κ3) is 1.90. The van der Waals surface area contributed by atoms with Gasteiger partial charge >= 0.3 is 0 Å². The molecule has 1 aliphatic carbocycles. The van der Waals surface area contributed by atoms with Crippen molar-refractivity contribution in [3.63, 3.8) is 0 Å². The van der Waals surface area contributed by atoms with Gasteiger partial charge in [-0.1, -0.05) is 11.3 Å². The lowest BCUT2D eigenvalue weighted by molar-refractivity contribution is 0.0644. The number of nitrogens with two attached hydrogens (primary N) is 1. The summed E-state index contributed by atoms with van der Waals surface area (Å²) in [5.41, 5.74) is 5.77. The Morgan fingerprint density at radius 1 is 1.69 bits per heavy atom. The van der Waals surface area contributed by atoms with E-state index in [0.717, 1.165) is 19.3 Å². The molecule has 1 amide bonds. The number of hydrogen-bond donors (Lipinski definition) is 3. The summed E-state index contributed by atoms with van der Waals surface area (Å²) in [7, 11) is 0. The van der Waals surface area contributed by atoms with E-state index in [0.29, 0.717) is 15.7 Å². The first kappa shape index (κ1) is 11.3. The number of aryl methyl sites for hydroxylation is 1. The van der Waals surface area contributed by atoms with Gasteiger partial charge in [-0.2, -0.15) is 0 Å². The van der Waals surface area contributed by atoms with Crippen LogP contribution in [0.5, 0.6) is 0 Å². The molecule has 0 unspecified atom stereocenters. The summed E-state index contributed by atoms with van der Waals surface area (Å²) >= 11 is 1.18. The normalized spacial score (nSPS) is 17.9. The monoisotopic (exact) mass is 241 g/mol. The fourth-order valence-electron chi connectivity index (χ4n) is 1.85. The van der Waals surface area contributed by atoms with Gasteiger partial charge in [-0.3, -0.25) is 4.79 Å². The highest BCUT2D eigenvalue weighted by molar-refractivity contribution is 7.17. The van der Waals surface area contributed by atoms with Crippen LogP contribution in [0, 0.1) is 6.92 Å². The number of hydrogen-bond acceptors (Lipinski definition) is 5. The van der Waals surface area contributed by atoms with Crippen LogP contribution in [0.1, 0.15) is 34.6 Å². The molecule has 0 aliphatic heterocycles. The summed E-state index contributed by atoms with van der Waals surface area (Å²) in [6.07, 6.45) is 2.72. The van der Waals surface area contributed by atoms with E-state index in [2.05, 4.69) is 10.3 Å². The molecule has 0 radical (unpaired) electrons. The van der Waals surface area contributed by atoms with E-state index in [4.69, 9.17) is 5.73 Å². The number of aromatic nitrogens is 1. The van der Waals surface area contributed by atoms with Gasteiger partial charge in [-0.05, 0) is 26.2 Å². The Kier molecular flexibility index (Phi) is 2.86. The summed E-state index contributed by atoms with van der Waals surface area (Å²) in [6, 6.07) is 0. The van der Waals surface area contributed by atoms with Crippen LogP contribution in [-0.4, -0.2) is 28.1 Å². The van der Waals surface area contributed by atoms with Crippen molar-refractivity contribution in [1.29, 1.82) is 0 Å². The molecular weight excluding hydrogens is 226 g/mol. The summed E-state index contributed by atoms with van der Waals surface area (Å²) in [4.78, 5) is 16.5. The highest BCUT2D eigenvalue weighted by Gasteiger charge is 2.38. The van der Waals surface area contributed by atoms with Crippen LogP contribution in [-0.2, 0) is 0 Å². The molecule has 1 aromatic heterocycles. The summed E-state index contributed by atoms with van der Waals surface area (Å²) in [5.74, 6) is -0.180. The average Bonchev–Trinajstić information content (AvgIpc) is 2.51. The van der Waals surface area contributed by atoms with Gasteiger partial charge in [0.05, 0.1) is 17.8 Å². The van der Waals surface area contributed by atoms with E-state index in [1.165, 1.54) is 11.3 Å². The van der Waals surface area contributed by atoms with Gasteiger partial charge < -0.3 is 16.2 Å². The van der Waals surface area contributed by atoms with E-state index >= 15 is 0 Å². The maximum absolute atomic E-state index is 11.9. The summed E-state index contributed by atoms with van der Waals surface area (Å²) in [5, 5.41) is 12.5. The third-order valence-corrected chi connectivity index (χ3v) is 4.00. The number of nitrogens with zero attached hydrogens (tertiary/aromatic N) is 1. The smallest absolute Gasteiger partial charge is 0.263 e. The number of nitrogen functional groups attached to an aromatic ring is 1. The largest absolute Gasteiger partial charge is 0.394 e. The van der Waals surface area contributed by atoms with Gasteiger partial charge in [-0.25, -0.2) is 4.98 Å². The first-order valence-corrected chi connectivity index (χ1v) is 6.04. The summed E-state index contributed by atoms with van der Waals surface area (Å²) in [6.45, 7) is 1.75. The lowest BCUT2D eigenvalue weighted by atomic mass is 9.77. The van der Waals surface area contributed by atoms with E-state index in [9.17, 15) is 9.90 Å². The fourth-order valence-corrected chi connectivity index (χ4v) is 2.58. The van der Waals surface area contributed by atoms with Gasteiger partial charge in [0.2, 0.25) is 0 Å². The van der Waals surface area contributed by atoms with Crippen molar-refractivity contribution in [2.45, 2.75) is 31.7 Å². The van der Waals surface area contributed by atoms with Crippen LogP contribution in [0.15, 0.2) is 0 Å². The molecule has 2 rings (SSSR count). The topological polar surface area (TPSA) is 88.2 Å². The first-order chi connectivity index (χ1) is 7.56. The highest BCUT2D eigenvalue weighted by atomic mass is 32.1. The molecule has 6 heteroatoms. The molecule has 16 heavy (non-hydrogen) atoms. The van der Waals surface area contributed by atoms with Crippen molar-refractivity contribution >= 4 is 22.4 Å². The van der Waals surface area contributed by atoms with Crippen LogP contribution in [0.4, 0.5) is 5.13 Å². The van der Waals surface area contributed by atoms with Crippen LogP contribution in [0.2, 0.25) is 0 Å². The van der Waals surface area contributed by atoms with E-state index in [1.54, 1.807) is 6.92 Å². The molecule has 0 bridgehead atoms. The van der Waals surface area contributed by atoms with E-state index in [1.807, 2.05) is 0 Å². The molecule has 1 fully saturated rings. The molecule has 0 atom stereocenters. The summed E-state index contributed by atoms with van der Waals surface area (Å²) < 4.78 is 0. The minimum Gasteiger partial charge on any atom is -0.394 e. The lowest BCUT2D eigenvalue weighted by Crippen LogP contribution is -2.56. The molecule has 1 saturated carbocycles. The Balaban J connectivity index is 2.11. The second kappa shape index (κ2) is 4.03. The zero-order valence-electron chi connectivity index (χ0n) is 9.12.